The third-order valence-corrected chi connectivity index (χ3v) is 11.8. The number of piperidine rings is 2. The van der Waals surface area contributed by atoms with Crippen LogP contribution in [-0.4, -0.2) is 130 Å². The Kier molecular flexibility index (Phi) is 13.1. The number of urea groups is 1. The lowest BCUT2D eigenvalue weighted by atomic mass is 10.0. The van der Waals surface area contributed by atoms with Gasteiger partial charge in [-0.2, -0.15) is 0 Å². The number of rotatable bonds is 6. The maximum atomic E-state index is 13.3. The number of hydrogen-bond acceptors (Lipinski definition) is 16. The van der Waals surface area contributed by atoms with Gasteiger partial charge in [-0.3, -0.25) is 28.2 Å². The van der Waals surface area contributed by atoms with Crippen LogP contribution in [0.2, 0.25) is 0 Å². The lowest BCUT2D eigenvalue weighted by molar-refractivity contribution is 0.173. The number of aromatic nitrogens is 12. The number of hydrogen-bond donors (Lipinski definition) is 2. The second-order valence-electron chi connectivity index (χ2n) is 15.5. The zero-order valence-electron chi connectivity index (χ0n) is 37.3. The smallest absolute Gasteiger partial charge is 0.329 e. The van der Waals surface area contributed by atoms with E-state index in [-0.39, 0.29) is 35.5 Å². The van der Waals surface area contributed by atoms with E-state index in [9.17, 15) is 14.4 Å². The van der Waals surface area contributed by atoms with Crippen molar-refractivity contribution in [1.29, 1.82) is 0 Å². The van der Waals surface area contributed by atoms with Crippen molar-refractivity contribution in [1.82, 2.24) is 73.7 Å². The van der Waals surface area contributed by atoms with Crippen LogP contribution < -0.4 is 31.5 Å². The van der Waals surface area contributed by atoms with E-state index >= 15 is 0 Å². The third kappa shape index (κ3) is 8.53. The predicted octanol–water partition coefficient (Wildman–Crippen LogP) is 3.35. The van der Waals surface area contributed by atoms with Gasteiger partial charge in [0, 0.05) is 89.3 Å². The molecule has 2 aliphatic rings. The Morgan fingerprint density at radius 3 is 1.52 bits per heavy atom. The Hall–Kier alpha value is -7.97. The number of fused-ring (bicyclic) bond motifs is 6. The quantitative estimate of drug-likeness (QED) is 0.179. The van der Waals surface area contributed by atoms with Crippen LogP contribution >= 0.6 is 0 Å². The van der Waals surface area contributed by atoms with Gasteiger partial charge in [0.15, 0.2) is 0 Å². The number of carbonyl (C=O) groups is 1. The van der Waals surface area contributed by atoms with Gasteiger partial charge in [-0.1, -0.05) is 0 Å². The molecule has 10 rings (SSSR count). The summed E-state index contributed by atoms with van der Waals surface area (Å²) in [5.74, 6) is 0. The van der Waals surface area contributed by atoms with E-state index in [1.165, 1.54) is 27.3 Å². The summed E-state index contributed by atoms with van der Waals surface area (Å²) >= 11 is 0. The fraction of sp³-hybridized carbons (Fsp3) is 0.364. The maximum Gasteiger partial charge on any atom is 0.329 e. The first-order valence-electron chi connectivity index (χ1n) is 21.2. The Morgan fingerprint density at radius 1 is 0.697 bits per heavy atom. The Labute approximate surface area is 376 Å². The van der Waals surface area contributed by atoms with Crippen molar-refractivity contribution < 1.29 is 19.1 Å². The molecule has 0 atom stereocenters. The van der Waals surface area contributed by atoms with Crippen LogP contribution in [0.25, 0.3) is 66.6 Å². The first kappa shape index (κ1) is 44.6. The number of amides is 2. The number of carbonyl (C=O) groups excluding carboxylic acids is 2. The van der Waals surface area contributed by atoms with Crippen LogP contribution in [0, 0.1) is 0 Å². The molecule has 22 nitrogen and oxygen atoms in total. The molecule has 0 unspecified atom stereocenters. The summed E-state index contributed by atoms with van der Waals surface area (Å²) in [6.07, 6.45) is 14.6. The number of imidazole rings is 2. The minimum Gasteiger partial charge on any atom is -0.467 e. The molecule has 0 saturated carbocycles. The summed E-state index contributed by atoms with van der Waals surface area (Å²) in [5.41, 5.74) is 8.68. The predicted molar refractivity (Wildman–Crippen MR) is 245 cm³/mol. The molecule has 22 heteroatoms. The van der Waals surface area contributed by atoms with Crippen LogP contribution in [0.1, 0.15) is 37.8 Å². The highest BCUT2D eigenvalue weighted by molar-refractivity contribution is 6.01. The number of aryl methyl sites for hydroxylation is 2. The number of methoxy groups -OCH3 is 2. The van der Waals surface area contributed by atoms with E-state index in [1.54, 1.807) is 72.4 Å². The summed E-state index contributed by atoms with van der Waals surface area (Å²) < 4.78 is 17.1. The lowest BCUT2D eigenvalue weighted by Crippen LogP contribution is -2.44. The number of pyridine rings is 4. The van der Waals surface area contributed by atoms with E-state index in [0.717, 1.165) is 70.3 Å². The van der Waals surface area contributed by atoms with Gasteiger partial charge in [0.25, 0.3) is 0 Å². The number of ether oxygens (including phenoxy) is 2. The fourth-order valence-electron chi connectivity index (χ4n) is 8.43. The van der Waals surface area contributed by atoms with Crippen molar-refractivity contribution in [2.45, 2.75) is 37.8 Å². The Balaban J connectivity index is 0.000000167. The van der Waals surface area contributed by atoms with E-state index in [0.29, 0.717) is 54.2 Å². The highest BCUT2D eigenvalue weighted by atomic mass is 16.5. The monoisotopic (exact) mass is 896 g/mol. The molecule has 2 amide bonds. The summed E-state index contributed by atoms with van der Waals surface area (Å²) in [7, 11) is 9.58. The summed E-state index contributed by atoms with van der Waals surface area (Å²) in [5, 5.41) is 6.03. The number of nitrogens with zero attached hydrogens (tertiary/aromatic N) is 14. The van der Waals surface area contributed by atoms with Crippen molar-refractivity contribution in [2.24, 2.45) is 19.1 Å². The first-order chi connectivity index (χ1) is 32.1. The molecule has 0 bridgehead atoms. The molecule has 2 saturated heterocycles. The van der Waals surface area contributed by atoms with E-state index in [1.807, 2.05) is 33.4 Å². The molecule has 2 aliphatic heterocycles. The maximum absolute atomic E-state index is 13.3. The molecule has 2 N–H and O–H groups in total. The van der Waals surface area contributed by atoms with Gasteiger partial charge in [-0.25, -0.2) is 54.1 Å². The number of isocyanates is 1. The summed E-state index contributed by atoms with van der Waals surface area (Å²) in [4.78, 5) is 87.4. The molecule has 0 aliphatic carbocycles. The van der Waals surface area contributed by atoms with Gasteiger partial charge in [0.05, 0.1) is 71.1 Å². The average Bonchev–Trinajstić information content (AvgIpc) is 3.80. The zero-order chi connectivity index (χ0) is 46.5. The second kappa shape index (κ2) is 19.4. The fourth-order valence-corrected chi connectivity index (χ4v) is 8.43. The van der Waals surface area contributed by atoms with Gasteiger partial charge in [-0.05, 0) is 63.0 Å². The van der Waals surface area contributed by atoms with Crippen LogP contribution in [0.5, 0.6) is 12.0 Å². The highest BCUT2D eigenvalue weighted by Gasteiger charge is 2.28. The van der Waals surface area contributed by atoms with Crippen LogP contribution in [0.15, 0.2) is 76.0 Å². The Bertz CT molecular complexity index is 3210. The molecule has 0 spiro atoms. The standard InChI is InChI=1S/C22H24N8O3.C20H21N7O2.C2H3NO/c1-23-21(31)29-8-6-14(7-9-29)30-19-17(28(2)22(30)32)12-24-16-5-4-15(27-18(16)19)13-10-25-20(33-3)26-11-13;1-26-16-11-22-15-4-3-14(12-9-23-19(29-2)24-10-12)25-17(15)18(16)27(20(26)28)13-5-7-21-8-6-13;1-3-2-4/h4-5,10-12,14H,6-9H2,1-3H3,(H,23,31);3-4,9-11,13,21H,5-8H2,1-2H3;1H3. The van der Waals surface area contributed by atoms with Gasteiger partial charge < -0.3 is 25.0 Å². The normalized spacial score (nSPS) is 14.3. The Morgan fingerprint density at radius 2 is 1.12 bits per heavy atom. The second-order valence-corrected chi connectivity index (χ2v) is 15.5. The molecular formula is C44H48N16O6. The molecular weight excluding hydrogens is 849 g/mol. The van der Waals surface area contributed by atoms with E-state index in [2.05, 4.69) is 45.5 Å². The topological polar surface area (TPSA) is 249 Å². The minimum atomic E-state index is -0.113. The van der Waals surface area contributed by atoms with Crippen molar-refractivity contribution >= 4 is 56.2 Å². The molecule has 340 valence electrons. The number of nitrogens with one attached hydrogen (secondary N) is 2. The molecule has 10 heterocycles. The van der Waals surface area contributed by atoms with Crippen LogP contribution in [-0.2, 0) is 18.9 Å². The number of aliphatic imine (C=N–C) groups is 1. The zero-order valence-corrected chi connectivity index (χ0v) is 37.3. The van der Waals surface area contributed by atoms with Gasteiger partial charge in [0.1, 0.15) is 11.0 Å². The summed E-state index contributed by atoms with van der Waals surface area (Å²) in [6.45, 7) is 2.97. The SMILES string of the molecule is CN=C=O.CNC(=O)N1CCC(n2c(=O)n(C)c3cnc4ccc(-c5cnc(OC)nc5)nc4c32)CC1.COc1ncc(-c2ccc3ncc4c(c3n2)n(C2CCNCC2)c(=O)n4C)cn1. The molecule has 2 fully saturated rings. The summed E-state index contributed by atoms with van der Waals surface area (Å²) in [6, 6.07) is 8.16. The van der Waals surface area contributed by atoms with Gasteiger partial charge in [0.2, 0.25) is 6.08 Å². The number of likely N-dealkylation sites (tertiary alicyclic amines) is 1. The molecule has 0 aromatic carbocycles. The average molecular weight is 897 g/mol. The highest BCUT2D eigenvalue weighted by Crippen LogP contribution is 2.32. The molecule has 0 radical (unpaired) electrons. The van der Waals surface area contributed by atoms with Gasteiger partial charge in [-0.15, -0.1) is 0 Å². The van der Waals surface area contributed by atoms with Gasteiger partial charge >= 0.3 is 29.4 Å². The molecule has 8 aromatic rings. The third-order valence-electron chi connectivity index (χ3n) is 11.8. The first-order valence-corrected chi connectivity index (χ1v) is 21.2. The lowest BCUT2D eigenvalue weighted by Gasteiger charge is -2.32. The van der Waals surface area contributed by atoms with Crippen molar-refractivity contribution in [3.05, 3.63) is 82.4 Å². The van der Waals surface area contributed by atoms with Crippen LogP contribution in [0.4, 0.5) is 4.79 Å². The minimum absolute atomic E-state index is 0.0267. The van der Waals surface area contributed by atoms with E-state index in [4.69, 9.17) is 24.2 Å². The van der Waals surface area contributed by atoms with E-state index < -0.39 is 0 Å². The van der Waals surface area contributed by atoms with Crippen molar-refractivity contribution in [3.8, 4) is 34.5 Å². The molecule has 8 aromatic heterocycles. The van der Waals surface area contributed by atoms with Crippen LogP contribution in [0.3, 0.4) is 0 Å². The van der Waals surface area contributed by atoms with Crippen molar-refractivity contribution in [3.63, 3.8) is 0 Å². The molecule has 66 heavy (non-hydrogen) atoms. The van der Waals surface area contributed by atoms with Crippen molar-refractivity contribution in [2.75, 3.05) is 54.5 Å². The largest absolute Gasteiger partial charge is 0.467 e.